The van der Waals surface area contributed by atoms with Crippen molar-refractivity contribution in [3.8, 4) is 0 Å². The Bertz CT molecular complexity index is 1470. The minimum Gasteiger partial charge on any atom is -0.451 e. The Kier molecular flexibility index (Phi) is 5.89. The largest absolute Gasteiger partial charge is 0.451 e. The number of carbonyl (C=O) groups excluding carboxylic acids is 2. The molecule has 33 heavy (non-hydrogen) atoms. The number of thiazole rings is 1. The fourth-order valence-corrected chi connectivity index (χ4v) is 5.51. The summed E-state index contributed by atoms with van der Waals surface area (Å²) in [6, 6.07) is 15.3. The number of amides is 2. The molecule has 9 heteroatoms. The molecule has 7 nitrogen and oxygen atoms in total. The Morgan fingerprint density at radius 3 is 2.70 bits per heavy atom. The third-order valence-corrected chi connectivity index (χ3v) is 7.35. The molecule has 2 aromatic carbocycles. The van der Waals surface area contributed by atoms with Gasteiger partial charge in [0, 0.05) is 44.9 Å². The lowest BCUT2D eigenvalue weighted by Gasteiger charge is -2.07. The molecule has 5 aromatic rings. The maximum Gasteiger partial charge on any atom is 0.305 e. The average molecular weight is 477 g/mol. The predicted molar refractivity (Wildman–Crippen MR) is 130 cm³/mol. The highest BCUT2D eigenvalue weighted by Crippen LogP contribution is 2.33. The van der Waals surface area contributed by atoms with Gasteiger partial charge in [0.25, 0.3) is 0 Å². The molecule has 0 bridgehead atoms. The molecule has 0 saturated heterocycles. The number of thioether (sulfide) groups is 1. The van der Waals surface area contributed by atoms with Gasteiger partial charge in [-0.1, -0.05) is 48.2 Å². The van der Waals surface area contributed by atoms with E-state index in [0.717, 1.165) is 37.4 Å². The summed E-state index contributed by atoms with van der Waals surface area (Å²) in [5, 5.41) is 3.84. The number of fused-ring (bicyclic) bond motifs is 2. The Morgan fingerprint density at radius 2 is 1.88 bits per heavy atom. The molecule has 0 atom stereocenters. The van der Waals surface area contributed by atoms with Gasteiger partial charge in [-0.2, -0.15) is 0 Å². The molecule has 2 amide bonds. The molecule has 0 saturated carbocycles. The van der Waals surface area contributed by atoms with Gasteiger partial charge in [-0.3, -0.25) is 20.4 Å². The van der Waals surface area contributed by atoms with E-state index >= 15 is 0 Å². The van der Waals surface area contributed by atoms with Crippen LogP contribution in [0.3, 0.4) is 0 Å². The molecule has 0 aliphatic rings. The maximum atomic E-state index is 12.9. The minimum absolute atomic E-state index is 0.135. The Hall–Kier alpha value is -3.56. The molecule has 3 heterocycles. The molecular formula is C24H20N4O3S2. The van der Waals surface area contributed by atoms with E-state index in [9.17, 15) is 9.59 Å². The van der Waals surface area contributed by atoms with Crippen LogP contribution in [0.15, 0.2) is 68.9 Å². The summed E-state index contributed by atoms with van der Waals surface area (Å²) in [6.45, 7) is 1.95. The fraction of sp³-hybridized carbons (Fsp3) is 0.125. The van der Waals surface area contributed by atoms with Crippen molar-refractivity contribution in [3.05, 3.63) is 82.7 Å². The first-order valence-corrected chi connectivity index (χ1v) is 12.1. The van der Waals surface area contributed by atoms with Crippen molar-refractivity contribution in [1.82, 2.24) is 20.8 Å². The Balaban J connectivity index is 1.30. The van der Waals surface area contributed by atoms with Crippen molar-refractivity contribution in [3.63, 3.8) is 0 Å². The molecule has 0 aliphatic heterocycles. The van der Waals surface area contributed by atoms with Crippen molar-refractivity contribution in [2.45, 2.75) is 23.4 Å². The fourth-order valence-electron chi connectivity index (χ4n) is 3.64. The molecule has 0 aliphatic carbocycles. The van der Waals surface area contributed by atoms with Crippen molar-refractivity contribution < 1.29 is 14.0 Å². The van der Waals surface area contributed by atoms with Gasteiger partial charge >= 0.3 is 5.91 Å². The van der Waals surface area contributed by atoms with Crippen molar-refractivity contribution >= 4 is 56.8 Å². The smallest absolute Gasteiger partial charge is 0.305 e. The zero-order valence-electron chi connectivity index (χ0n) is 17.7. The third kappa shape index (κ3) is 4.50. The van der Waals surface area contributed by atoms with E-state index in [1.165, 1.54) is 0 Å². The van der Waals surface area contributed by atoms with Gasteiger partial charge in [0.1, 0.15) is 9.92 Å². The molecule has 0 unspecified atom stereocenters. The monoisotopic (exact) mass is 476 g/mol. The van der Waals surface area contributed by atoms with Crippen LogP contribution in [0.25, 0.3) is 21.9 Å². The second-order valence-electron chi connectivity index (χ2n) is 7.49. The number of aromatic nitrogens is 2. The van der Waals surface area contributed by atoms with Gasteiger partial charge in [0.05, 0.1) is 6.42 Å². The lowest BCUT2D eigenvalue weighted by Crippen LogP contribution is -2.42. The number of hydrogen-bond acceptors (Lipinski definition) is 6. The molecule has 0 spiro atoms. The van der Waals surface area contributed by atoms with Crippen LogP contribution >= 0.6 is 23.1 Å². The van der Waals surface area contributed by atoms with E-state index in [1.807, 2.05) is 60.8 Å². The number of nitrogens with one attached hydrogen (secondary N) is 3. The van der Waals surface area contributed by atoms with Gasteiger partial charge in [0.15, 0.2) is 5.76 Å². The van der Waals surface area contributed by atoms with E-state index in [-0.39, 0.29) is 18.1 Å². The van der Waals surface area contributed by atoms with Crippen LogP contribution in [0, 0.1) is 6.92 Å². The van der Waals surface area contributed by atoms with Gasteiger partial charge < -0.3 is 9.40 Å². The summed E-state index contributed by atoms with van der Waals surface area (Å²) in [5.74, 6) is -0.108. The highest BCUT2D eigenvalue weighted by molar-refractivity contribution is 8.00. The number of H-pyrrole nitrogens is 1. The molecule has 0 radical (unpaired) electrons. The summed E-state index contributed by atoms with van der Waals surface area (Å²) in [6.07, 6.45) is 1.94. The predicted octanol–water partition coefficient (Wildman–Crippen LogP) is 4.98. The van der Waals surface area contributed by atoms with Gasteiger partial charge in [-0.15, -0.1) is 11.3 Å². The van der Waals surface area contributed by atoms with Crippen LogP contribution in [-0.4, -0.2) is 21.8 Å². The summed E-state index contributed by atoms with van der Waals surface area (Å²) in [4.78, 5) is 33.0. The highest BCUT2D eigenvalue weighted by atomic mass is 32.2. The highest BCUT2D eigenvalue weighted by Gasteiger charge is 2.21. The van der Waals surface area contributed by atoms with Crippen LogP contribution in [-0.2, 0) is 17.0 Å². The summed E-state index contributed by atoms with van der Waals surface area (Å²) in [5.41, 5.74) is 9.18. The molecule has 3 aromatic heterocycles. The van der Waals surface area contributed by atoms with Gasteiger partial charge in [0.2, 0.25) is 5.91 Å². The number of nitrogens with zero attached hydrogens (tertiary/aromatic N) is 1. The lowest BCUT2D eigenvalue weighted by atomic mass is 10.1. The molecular weight excluding hydrogens is 456 g/mol. The van der Waals surface area contributed by atoms with Gasteiger partial charge in [-0.25, -0.2) is 4.98 Å². The Morgan fingerprint density at radius 1 is 1.09 bits per heavy atom. The topological polar surface area (TPSA) is 100 Å². The standard InChI is InChI=1S/C24H20N4O3S2/c1-14-12-32-24(26-14)33-13-18-17-7-3-5-9-20(17)31-22(18)23(30)28-27-21(29)10-15-11-25-19-8-4-2-6-16(15)19/h2-9,11-12,25H,10,13H2,1H3,(H,27,29)(H,28,30). The van der Waals surface area contributed by atoms with Gasteiger partial charge in [-0.05, 0) is 24.6 Å². The van der Waals surface area contributed by atoms with E-state index in [4.69, 9.17) is 4.42 Å². The zero-order chi connectivity index (χ0) is 22.8. The number of aromatic amines is 1. The molecule has 166 valence electrons. The molecule has 3 N–H and O–H groups in total. The zero-order valence-corrected chi connectivity index (χ0v) is 19.3. The number of furan rings is 1. The van der Waals surface area contributed by atoms with Crippen LogP contribution in [0.5, 0.6) is 0 Å². The number of hydrazine groups is 1. The number of benzene rings is 2. The van der Waals surface area contributed by atoms with E-state index in [2.05, 4.69) is 20.8 Å². The summed E-state index contributed by atoms with van der Waals surface area (Å²) < 4.78 is 6.78. The second-order valence-corrected chi connectivity index (χ2v) is 9.57. The summed E-state index contributed by atoms with van der Waals surface area (Å²) in [7, 11) is 0. The average Bonchev–Trinajstić information content (AvgIpc) is 3.53. The first-order chi connectivity index (χ1) is 16.1. The number of aryl methyl sites for hydroxylation is 1. The van der Waals surface area contributed by atoms with E-state index in [1.54, 1.807) is 29.3 Å². The quantitative estimate of drug-likeness (QED) is 0.237. The third-order valence-electron chi connectivity index (χ3n) is 5.18. The molecule has 5 rings (SSSR count). The Labute approximate surface area is 197 Å². The maximum absolute atomic E-state index is 12.9. The van der Waals surface area contributed by atoms with Crippen LogP contribution < -0.4 is 10.9 Å². The minimum atomic E-state index is -0.496. The number of para-hydroxylation sites is 2. The van der Waals surface area contributed by atoms with E-state index in [0.29, 0.717) is 11.3 Å². The van der Waals surface area contributed by atoms with Crippen molar-refractivity contribution in [1.29, 1.82) is 0 Å². The number of hydrogen-bond donors (Lipinski definition) is 3. The first kappa shape index (κ1) is 21.3. The van der Waals surface area contributed by atoms with Crippen molar-refractivity contribution in [2.24, 2.45) is 0 Å². The number of rotatable bonds is 6. The lowest BCUT2D eigenvalue weighted by molar-refractivity contribution is -0.121. The number of carbonyl (C=O) groups is 2. The van der Waals surface area contributed by atoms with Crippen molar-refractivity contribution in [2.75, 3.05) is 0 Å². The van der Waals surface area contributed by atoms with Crippen LogP contribution in [0.1, 0.15) is 27.4 Å². The molecule has 0 fully saturated rings. The first-order valence-electron chi connectivity index (χ1n) is 10.3. The van der Waals surface area contributed by atoms with Crippen LogP contribution in [0.4, 0.5) is 0 Å². The van der Waals surface area contributed by atoms with E-state index < -0.39 is 5.91 Å². The SMILES string of the molecule is Cc1csc(SCc2c(C(=O)NNC(=O)Cc3c[nH]c4ccccc34)oc3ccccc23)n1. The summed E-state index contributed by atoms with van der Waals surface area (Å²) >= 11 is 3.12. The second kappa shape index (κ2) is 9.13. The van der Waals surface area contributed by atoms with Crippen LogP contribution in [0.2, 0.25) is 0 Å². The normalized spacial score (nSPS) is 11.2.